The zero-order chi connectivity index (χ0) is 53.3. The van der Waals surface area contributed by atoms with Crippen LogP contribution in [0.15, 0.2) is 24.3 Å². The van der Waals surface area contributed by atoms with Crippen LogP contribution in [0, 0.1) is 16.7 Å². The van der Waals surface area contributed by atoms with Gasteiger partial charge in [0.05, 0.1) is 19.0 Å². The van der Waals surface area contributed by atoms with Gasteiger partial charge in [-0.15, -0.1) is 0 Å². The topological polar surface area (TPSA) is 408 Å². The minimum Gasteiger partial charge on any atom is -0.508 e. The van der Waals surface area contributed by atoms with Crippen LogP contribution >= 0.6 is 21.6 Å². The van der Waals surface area contributed by atoms with Gasteiger partial charge in [0.15, 0.2) is 0 Å². The maximum absolute atomic E-state index is 14.3. The third kappa shape index (κ3) is 20.8. The lowest BCUT2D eigenvalue weighted by molar-refractivity contribution is -0.137. The second kappa shape index (κ2) is 27.3. The normalized spacial score (nSPS) is 22.3. The summed E-state index contributed by atoms with van der Waals surface area (Å²) in [6.07, 6.45) is -1.67. The van der Waals surface area contributed by atoms with E-state index in [1.807, 2.05) is 0 Å². The van der Waals surface area contributed by atoms with E-state index in [4.69, 9.17) is 22.9 Å². The van der Waals surface area contributed by atoms with Gasteiger partial charge in [0.25, 0.3) is 0 Å². The number of carbonyl (C=O) groups excluding carboxylic acids is 11. The van der Waals surface area contributed by atoms with Gasteiger partial charge in [-0.25, -0.2) is 0 Å². The molecule has 1 aromatic carbocycles. The number of benzene rings is 1. The Morgan fingerprint density at radius 1 is 0.700 bits per heavy atom. The van der Waals surface area contributed by atoms with E-state index < -0.39 is 150 Å². The average molecular weight is 1020 g/mol. The summed E-state index contributed by atoms with van der Waals surface area (Å²) in [5.74, 6) is -10.5. The summed E-state index contributed by atoms with van der Waals surface area (Å²) in [6.45, 7) is 12.8. The molecule has 11 amide bonds. The molecule has 0 saturated carbocycles. The van der Waals surface area contributed by atoms with Crippen LogP contribution in [0.1, 0.15) is 86.6 Å². The van der Waals surface area contributed by atoms with E-state index in [9.17, 15) is 57.8 Å². The molecule has 1 aliphatic rings. The lowest BCUT2D eigenvalue weighted by atomic mass is 9.85. The molecule has 1 saturated heterocycles. The van der Waals surface area contributed by atoms with Gasteiger partial charge in [0.1, 0.15) is 48.0 Å². The second-order valence-corrected chi connectivity index (χ2v) is 22.0. The fourth-order valence-corrected chi connectivity index (χ4v) is 9.00. The second-order valence-electron chi connectivity index (χ2n) is 19.5. The Morgan fingerprint density at radius 3 is 1.80 bits per heavy atom. The number of phenols is 1. The first-order chi connectivity index (χ1) is 32.4. The zero-order valence-electron chi connectivity index (χ0n) is 40.7. The van der Waals surface area contributed by atoms with Crippen LogP contribution in [-0.4, -0.2) is 136 Å². The summed E-state index contributed by atoms with van der Waals surface area (Å²) in [5, 5.41) is 30.1. The molecule has 8 atom stereocenters. The van der Waals surface area contributed by atoms with Crippen LogP contribution in [0.4, 0.5) is 0 Å². The van der Waals surface area contributed by atoms with Gasteiger partial charge in [0.2, 0.25) is 65.0 Å². The summed E-state index contributed by atoms with van der Waals surface area (Å²) in [6, 6.07) is -5.68. The van der Waals surface area contributed by atoms with Crippen LogP contribution in [0.5, 0.6) is 5.75 Å². The van der Waals surface area contributed by atoms with Crippen molar-refractivity contribution >= 4 is 86.6 Å². The molecule has 1 heterocycles. The van der Waals surface area contributed by atoms with E-state index in [2.05, 4.69) is 42.5 Å². The summed E-state index contributed by atoms with van der Waals surface area (Å²) in [5.41, 5.74) is 20.8. The van der Waals surface area contributed by atoms with Gasteiger partial charge in [0, 0.05) is 24.3 Å². The van der Waals surface area contributed by atoms with Crippen LogP contribution in [0.2, 0.25) is 0 Å². The Balaban J connectivity index is 2.68. The van der Waals surface area contributed by atoms with E-state index >= 15 is 0 Å². The Morgan fingerprint density at radius 2 is 1.26 bits per heavy atom. The van der Waals surface area contributed by atoms with Crippen LogP contribution in [0.25, 0.3) is 0 Å². The fraction of sp³-hybridized carbons (Fsp3) is 0.614. The molecular weight excluding hydrogens is 953 g/mol. The van der Waals surface area contributed by atoms with E-state index in [0.717, 1.165) is 21.6 Å². The number of rotatable bonds is 16. The monoisotopic (exact) mass is 1020 g/mol. The molecule has 17 N–H and O–H groups in total. The Hall–Kier alpha value is -6.15. The molecule has 0 unspecified atom stereocenters. The molecule has 0 bridgehead atoms. The number of nitrogens with one attached hydrogen (secondary N) is 8. The minimum absolute atomic E-state index is 0.0555. The van der Waals surface area contributed by atoms with Crippen molar-refractivity contribution in [2.24, 2.45) is 39.7 Å². The molecule has 1 aromatic rings. The number of phenolic OH excluding ortho intramolecular Hbond substituents is 1. The molecule has 1 fully saturated rings. The number of primary amides is 3. The van der Waals surface area contributed by atoms with Gasteiger partial charge in [-0.05, 0) is 47.3 Å². The third-order valence-corrected chi connectivity index (χ3v) is 12.9. The van der Waals surface area contributed by atoms with Crippen molar-refractivity contribution in [2.45, 2.75) is 136 Å². The molecule has 2 rings (SSSR count). The molecule has 1 aliphatic heterocycles. The van der Waals surface area contributed by atoms with Crippen molar-refractivity contribution in [2.75, 3.05) is 18.1 Å². The van der Waals surface area contributed by atoms with Gasteiger partial charge in [-0.1, -0.05) is 89.1 Å². The molecule has 0 radical (unpaired) electrons. The van der Waals surface area contributed by atoms with Gasteiger partial charge in [-0.2, -0.15) is 0 Å². The molecule has 24 nitrogen and oxygen atoms in total. The lowest BCUT2D eigenvalue weighted by Gasteiger charge is -2.34. The molecule has 0 aliphatic carbocycles. The minimum atomic E-state index is -1.79. The van der Waals surface area contributed by atoms with Gasteiger partial charge < -0.3 is 70.6 Å². The summed E-state index contributed by atoms with van der Waals surface area (Å²) in [4.78, 5) is 147. The van der Waals surface area contributed by atoms with E-state index in [1.54, 1.807) is 55.4 Å². The number of aromatic hydroxyl groups is 1. The first kappa shape index (κ1) is 60.0. The van der Waals surface area contributed by atoms with E-state index in [1.165, 1.54) is 24.3 Å². The highest BCUT2D eigenvalue weighted by Gasteiger charge is 2.40. The number of carbonyl (C=O) groups is 11. The van der Waals surface area contributed by atoms with Gasteiger partial charge >= 0.3 is 0 Å². The number of hydrogen-bond acceptors (Lipinski definition) is 15. The maximum Gasteiger partial charge on any atom is 0.244 e. The molecule has 70 heavy (non-hydrogen) atoms. The predicted molar refractivity (Wildman–Crippen MR) is 261 cm³/mol. The van der Waals surface area contributed by atoms with Crippen molar-refractivity contribution in [1.29, 1.82) is 0 Å². The van der Waals surface area contributed by atoms with Crippen LogP contribution in [-0.2, 0) is 59.2 Å². The lowest BCUT2D eigenvalue weighted by Crippen LogP contribution is -2.63. The summed E-state index contributed by atoms with van der Waals surface area (Å²) >= 11 is 0. The highest BCUT2D eigenvalue weighted by molar-refractivity contribution is 8.76. The highest BCUT2D eigenvalue weighted by atomic mass is 33.1. The fourth-order valence-electron chi connectivity index (χ4n) is 6.71. The smallest absolute Gasteiger partial charge is 0.244 e. The number of amides is 11. The molecule has 26 heteroatoms. The van der Waals surface area contributed by atoms with Crippen LogP contribution < -0.4 is 65.5 Å². The summed E-state index contributed by atoms with van der Waals surface area (Å²) < 4.78 is 0. The Kier molecular flexibility index (Phi) is 23.4. The predicted octanol–water partition coefficient (Wildman–Crippen LogP) is -3.07. The van der Waals surface area contributed by atoms with Crippen molar-refractivity contribution in [3.63, 3.8) is 0 Å². The largest absolute Gasteiger partial charge is 0.508 e. The van der Waals surface area contributed by atoms with Crippen molar-refractivity contribution in [1.82, 2.24) is 42.5 Å². The Labute approximate surface area is 414 Å². The molecule has 0 spiro atoms. The maximum atomic E-state index is 14.3. The van der Waals surface area contributed by atoms with Crippen molar-refractivity contribution in [3.05, 3.63) is 29.8 Å². The van der Waals surface area contributed by atoms with Crippen LogP contribution in [0.3, 0.4) is 0 Å². The third-order valence-electron chi connectivity index (χ3n) is 10.5. The standard InChI is InChI=1S/C44H70N12O12S2/c1-21(2)15-26(36(62)49-18-32(48)60)53-42(68)34(44(6,7)8)56-40(66)29-20-70-69-19-24(45)35(61)51-27(16-22-9-11-23(57)12-10-22)39(65)55-33(43(3,4)5)41(67)50-25(13-14-30(46)58)37(63)52-28(17-31(47)59)38(64)54-29/h9-12,21,24-29,33-34,57H,13-20,45H2,1-8H3,(H2,46,58)(H2,47,59)(H2,48,60)(H,49,62)(H,50,67)(H,51,61)(H,52,63)(H,53,68)(H,54,64)(H,55,65)(H,56,66)/t24-,25-,26-,27-,28-,29-,33+,34+/m0/s1. The zero-order valence-corrected chi connectivity index (χ0v) is 42.4. The van der Waals surface area contributed by atoms with Crippen molar-refractivity contribution in [3.8, 4) is 5.75 Å². The first-order valence-corrected chi connectivity index (χ1v) is 24.9. The summed E-state index contributed by atoms with van der Waals surface area (Å²) in [7, 11) is 1.97. The average Bonchev–Trinajstić information content (AvgIpc) is 3.24. The van der Waals surface area contributed by atoms with E-state index in [0.29, 0.717) is 5.56 Å². The number of hydrogen-bond donors (Lipinski definition) is 13. The Bertz CT molecular complexity index is 2080. The van der Waals surface area contributed by atoms with Gasteiger partial charge in [-0.3, -0.25) is 52.7 Å². The quantitative estimate of drug-likeness (QED) is 0.0731. The van der Waals surface area contributed by atoms with E-state index in [-0.39, 0.29) is 36.0 Å². The number of nitrogens with two attached hydrogens (primary N) is 4. The molecule has 0 aromatic heterocycles. The first-order valence-electron chi connectivity index (χ1n) is 22.4. The molecule has 390 valence electrons. The molecular formula is C44H70N12O12S2. The highest BCUT2D eigenvalue weighted by Crippen LogP contribution is 2.25. The SMILES string of the molecule is CC(C)C[C@H](NC(=O)[C@@H](NC(=O)[C@@H]1CSSC[C@H](N)C(=O)N[C@@H](Cc2ccc(O)cc2)C(=O)N[C@@H](C(C)(C)C)C(=O)N[C@@H](CCC(N)=O)C(=O)N[C@@H](CC(N)=O)C(=O)N1)C(C)(C)C)C(=O)NCC(N)=O. The van der Waals surface area contributed by atoms with Crippen molar-refractivity contribution < 1.29 is 57.8 Å².